The van der Waals surface area contributed by atoms with Gasteiger partial charge in [0.2, 0.25) is 0 Å². The first-order valence-electron chi connectivity index (χ1n) is 6.15. The second-order valence-electron chi connectivity index (χ2n) is 5.16. The molecule has 0 aliphatic carbocycles. The van der Waals surface area contributed by atoms with E-state index >= 15 is 0 Å². The zero-order valence-electron chi connectivity index (χ0n) is 10.3. The lowest BCUT2D eigenvalue weighted by Gasteiger charge is -2.34. The van der Waals surface area contributed by atoms with Crippen molar-refractivity contribution in [3.63, 3.8) is 0 Å². The van der Waals surface area contributed by atoms with E-state index in [1.807, 2.05) is 0 Å². The molecule has 1 aromatic rings. The summed E-state index contributed by atoms with van der Waals surface area (Å²) in [6, 6.07) is 9.21. The fourth-order valence-electron chi connectivity index (χ4n) is 2.48. The van der Waals surface area contributed by atoms with Crippen LogP contribution in [-0.2, 0) is 6.42 Å². The van der Waals surface area contributed by atoms with Crippen LogP contribution in [0, 0.1) is 12.8 Å². The van der Waals surface area contributed by atoms with Gasteiger partial charge in [0.05, 0.1) is 0 Å². The third-order valence-corrected chi connectivity index (χ3v) is 3.61. The van der Waals surface area contributed by atoms with Gasteiger partial charge in [-0.15, -0.1) is 0 Å². The van der Waals surface area contributed by atoms with Crippen LogP contribution in [0.1, 0.15) is 17.5 Å². The molecular formula is C14H22N2. The lowest BCUT2D eigenvalue weighted by molar-refractivity contribution is 0.185. The molecular weight excluding hydrogens is 196 g/mol. The van der Waals surface area contributed by atoms with E-state index in [2.05, 4.69) is 43.1 Å². The van der Waals surface area contributed by atoms with Gasteiger partial charge in [0.15, 0.2) is 0 Å². The van der Waals surface area contributed by atoms with Crippen LogP contribution in [0.5, 0.6) is 0 Å². The van der Waals surface area contributed by atoms with Crippen molar-refractivity contribution in [2.75, 3.05) is 20.1 Å². The molecule has 0 aromatic heterocycles. The number of piperidine rings is 1. The van der Waals surface area contributed by atoms with Gasteiger partial charge in [-0.1, -0.05) is 29.8 Å². The molecule has 2 heteroatoms. The molecule has 1 heterocycles. The lowest BCUT2D eigenvalue weighted by Crippen LogP contribution is -2.46. The van der Waals surface area contributed by atoms with Gasteiger partial charge in [-0.05, 0) is 44.8 Å². The third-order valence-electron chi connectivity index (χ3n) is 3.61. The van der Waals surface area contributed by atoms with Gasteiger partial charge in [-0.3, -0.25) is 0 Å². The standard InChI is InChI=1S/C14H22N2/c1-11-3-5-12(6-4-11)9-13-10-16(2)8-7-14(13)15/h3-6,13-14H,7-10,15H2,1-2H3. The van der Waals surface area contributed by atoms with E-state index in [4.69, 9.17) is 5.73 Å². The largest absolute Gasteiger partial charge is 0.327 e. The van der Waals surface area contributed by atoms with Crippen molar-refractivity contribution in [3.8, 4) is 0 Å². The summed E-state index contributed by atoms with van der Waals surface area (Å²) in [6.45, 7) is 4.41. The molecule has 0 spiro atoms. The fraction of sp³-hybridized carbons (Fsp3) is 0.571. The van der Waals surface area contributed by atoms with Gasteiger partial charge in [0.1, 0.15) is 0 Å². The van der Waals surface area contributed by atoms with E-state index in [9.17, 15) is 0 Å². The molecule has 2 atom stereocenters. The minimum atomic E-state index is 0.373. The molecule has 1 aromatic carbocycles. The summed E-state index contributed by atoms with van der Waals surface area (Å²) in [4.78, 5) is 2.39. The average Bonchev–Trinajstić information content (AvgIpc) is 2.27. The van der Waals surface area contributed by atoms with Gasteiger partial charge < -0.3 is 10.6 Å². The van der Waals surface area contributed by atoms with E-state index < -0.39 is 0 Å². The van der Waals surface area contributed by atoms with Crippen molar-refractivity contribution in [1.29, 1.82) is 0 Å². The smallest absolute Gasteiger partial charge is 0.00947 e. The molecule has 0 saturated carbocycles. The van der Waals surface area contributed by atoms with E-state index in [-0.39, 0.29) is 0 Å². The van der Waals surface area contributed by atoms with Crippen LogP contribution in [0.25, 0.3) is 0 Å². The number of hydrogen-bond donors (Lipinski definition) is 1. The van der Waals surface area contributed by atoms with Crippen LogP contribution in [0.2, 0.25) is 0 Å². The number of nitrogens with zero attached hydrogens (tertiary/aromatic N) is 1. The van der Waals surface area contributed by atoms with Gasteiger partial charge in [-0.2, -0.15) is 0 Å². The molecule has 88 valence electrons. The molecule has 1 aliphatic rings. The monoisotopic (exact) mass is 218 g/mol. The molecule has 2 rings (SSSR count). The molecule has 16 heavy (non-hydrogen) atoms. The highest BCUT2D eigenvalue weighted by molar-refractivity contribution is 5.22. The maximum atomic E-state index is 6.19. The maximum Gasteiger partial charge on any atom is 0.00947 e. The Morgan fingerprint density at radius 2 is 2.00 bits per heavy atom. The van der Waals surface area contributed by atoms with Gasteiger partial charge in [-0.25, -0.2) is 0 Å². The maximum absolute atomic E-state index is 6.19. The molecule has 1 fully saturated rings. The second kappa shape index (κ2) is 4.98. The normalized spacial score (nSPS) is 26.9. The third kappa shape index (κ3) is 2.83. The molecule has 2 nitrogen and oxygen atoms in total. The molecule has 2 N–H and O–H groups in total. The zero-order valence-corrected chi connectivity index (χ0v) is 10.3. The quantitative estimate of drug-likeness (QED) is 0.820. The Balaban J connectivity index is 2.00. The number of benzene rings is 1. The lowest BCUT2D eigenvalue weighted by atomic mass is 9.87. The van der Waals surface area contributed by atoms with Crippen LogP contribution in [0.4, 0.5) is 0 Å². The summed E-state index contributed by atoms with van der Waals surface area (Å²) in [5.74, 6) is 0.612. The number of rotatable bonds is 2. The van der Waals surface area contributed by atoms with Gasteiger partial charge >= 0.3 is 0 Å². The Labute approximate surface area is 98.4 Å². The highest BCUT2D eigenvalue weighted by atomic mass is 15.1. The van der Waals surface area contributed by atoms with Crippen molar-refractivity contribution >= 4 is 0 Å². The Bertz CT molecular complexity index is 331. The summed E-state index contributed by atoms with van der Waals surface area (Å²) >= 11 is 0. The first-order valence-corrected chi connectivity index (χ1v) is 6.15. The Morgan fingerprint density at radius 3 is 2.69 bits per heavy atom. The molecule has 0 amide bonds. The van der Waals surface area contributed by atoms with E-state index in [0.29, 0.717) is 12.0 Å². The highest BCUT2D eigenvalue weighted by Gasteiger charge is 2.24. The Kier molecular flexibility index (Phi) is 3.62. The first kappa shape index (κ1) is 11.6. The molecule has 1 aliphatic heterocycles. The molecule has 0 radical (unpaired) electrons. The van der Waals surface area contributed by atoms with Crippen molar-refractivity contribution in [1.82, 2.24) is 4.90 Å². The number of aryl methyl sites for hydroxylation is 1. The summed E-state index contributed by atoms with van der Waals surface area (Å²) < 4.78 is 0. The summed E-state index contributed by atoms with van der Waals surface area (Å²) in [7, 11) is 2.19. The van der Waals surface area contributed by atoms with Crippen LogP contribution >= 0.6 is 0 Å². The summed E-state index contributed by atoms with van der Waals surface area (Å²) in [5.41, 5.74) is 8.94. The average molecular weight is 218 g/mol. The fourth-order valence-corrected chi connectivity index (χ4v) is 2.48. The highest BCUT2D eigenvalue weighted by Crippen LogP contribution is 2.19. The zero-order chi connectivity index (χ0) is 11.5. The van der Waals surface area contributed by atoms with Crippen LogP contribution in [-0.4, -0.2) is 31.1 Å². The number of nitrogens with two attached hydrogens (primary N) is 1. The minimum absolute atomic E-state index is 0.373. The summed E-state index contributed by atoms with van der Waals surface area (Å²) in [5, 5.41) is 0. The SMILES string of the molecule is Cc1ccc(CC2CN(C)CCC2N)cc1. The van der Waals surface area contributed by atoms with Crippen molar-refractivity contribution in [2.45, 2.75) is 25.8 Å². The predicted molar refractivity (Wildman–Crippen MR) is 68.5 cm³/mol. The molecule has 0 bridgehead atoms. The topological polar surface area (TPSA) is 29.3 Å². The number of hydrogen-bond acceptors (Lipinski definition) is 2. The minimum Gasteiger partial charge on any atom is -0.327 e. The van der Waals surface area contributed by atoms with Crippen LogP contribution < -0.4 is 5.73 Å². The van der Waals surface area contributed by atoms with Crippen molar-refractivity contribution in [3.05, 3.63) is 35.4 Å². The van der Waals surface area contributed by atoms with Gasteiger partial charge in [0, 0.05) is 12.6 Å². The van der Waals surface area contributed by atoms with Crippen LogP contribution in [0.15, 0.2) is 24.3 Å². The summed E-state index contributed by atoms with van der Waals surface area (Å²) in [6.07, 6.45) is 2.25. The van der Waals surface area contributed by atoms with E-state index in [1.54, 1.807) is 0 Å². The van der Waals surface area contributed by atoms with E-state index in [1.165, 1.54) is 11.1 Å². The Morgan fingerprint density at radius 1 is 1.31 bits per heavy atom. The van der Waals surface area contributed by atoms with Crippen molar-refractivity contribution < 1.29 is 0 Å². The van der Waals surface area contributed by atoms with E-state index in [0.717, 1.165) is 25.9 Å². The van der Waals surface area contributed by atoms with Crippen molar-refractivity contribution in [2.24, 2.45) is 11.7 Å². The number of likely N-dealkylation sites (tertiary alicyclic amines) is 1. The first-order chi connectivity index (χ1) is 7.65. The molecule has 2 unspecified atom stereocenters. The van der Waals surface area contributed by atoms with Crippen LogP contribution in [0.3, 0.4) is 0 Å². The predicted octanol–water partition coefficient (Wildman–Crippen LogP) is 1.82. The second-order valence-corrected chi connectivity index (χ2v) is 5.16. The van der Waals surface area contributed by atoms with Gasteiger partial charge in [0.25, 0.3) is 0 Å². The Hall–Kier alpha value is -0.860. The molecule has 1 saturated heterocycles.